The second kappa shape index (κ2) is 11.8. The molecule has 0 saturated heterocycles. The zero-order chi connectivity index (χ0) is 25.5. The van der Waals surface area contributed by atoms with E-state index in [4.69, 9.17) is 4.74 Å². The van der Waals surface area contributed by atoms with E-state index in [1.54, 1.807) is 41.5 Å². The summed E-state index contributed by atoms with van der Waals surface area (Å²) in [6.45, 7) is 8.31. The van der Waals surface area contributed by atoms with Gasteiger partial charge in [-0.15, -0.1) is 0 Å². The zero-order valence-electron chi connectivity index (χ0n) is 21.1. The maximum atomic E-state index is 13.4. The Morgan fingerprint density at radius 3 is 2.69 bits per heavy atom. The number of aromatic nitrogens is 2. The second-order valence-electron chi connectivity index (χ2n) is 9.43. The van der Waals surface area contributed by atoms with Gasteiger partial charge in [0.25, 0.3) is 5.91 Å². The molecule has 2 aromatic heterocycles. The Hall–Kier alpha value is -3.44. The summed E-state index contributed by atoms with van der Waals surface area (Å²) in [6, 6.07) is 4.96. The lowest BCUT2D eigenvalue weighted by molar-refractivity contribution is -0.130. The third kappa shape index (κ3) is 6.80. The first-order valence-electron chi connectivity index (χ1n) is 11.9. The van der Waals surface area contributed by atoms with Crippen LogP contribution in [0.15, 0.2) is 36.8 Å². The van der Waals surface area contributed by atoms with Gasteiger partial charge in [-0.1, -0.05) is 32.6 Å². The van der Waals surface area contributed by atoms with E-state index < -0.39 is 6.10 Å². The summed E-state index contributed by atoms with van der Waals surface area (Å²) in [6.07, 6.45) is 4.79. The van der Waals surface area contributed by atoms with Gasteiger partial charge in [-0.25, -0.2) is 4.98 Å². The molecule has 3 atom stereocenters. The zero-order valence-corrected chi connectivity index (χ0v) is 21.1. The van der Waals surface area contributed by atoms with Crippen molar-refractivity contribution in [2.45, 2.75) is 46.3 Å². The standard InChI is InChI=1S/C27H34N4O4/c1-18(2)6-7-22-12-23-26(29-14-22)35-24(19(3)15-31(27(23)34)20(4)17-32)16-30(5)25(33)13-21-8-10-28-11-9-21/h8-12,14,18-20,24,32H,13,15-17H2,1-5H3/t19-,20+,24-/m0/s1. The van der Waals surface area contributed by atoms with Crippen LogP contribution in [0.1, 0.15) is 49.2 Å². The van der Waals surface area contributed by atoms with Gasteiger partial charge >= 0.3 is 0 Å². The van der Waals surface area contributed by atoms with Crippen LogP contribution < -0.4 is 4.74 Å². The first kappa shape index (κ1) is 26.2. The Morgan fingerprint density at radius 2 is 2.03 bits per heavy atom. The van der Waals surface area contributed by atoms with Crippen molar-refractivity contribution in [2.75, 3.05) is 26.7 Å². The Morgan fingerprint density at radius 1 is 1.31 bits per heavy atom. The number of hydrogen-bond acceptors (Lipinski definition) is 6. The van der Waals surface area contributed by atoms with E-state index in [9.17, 15) is 14.7 Å². The van der Waals surface area contributed by atoms with E-state index in [1.165, 1.54) is 0 Å². The van der Waals surface area contributed by atoms with Crippen molar-refractivity contribution < 1.29 is 19.4 Å². The molecule has 0 bridgehead atoms. The number of ether oxygens (including phenoxy) is 1. The molecule has 0 unspecified atom stereocenters. The van der Waals surface area contributed by atoms with Crippen molar-refractivity contribution in [3.63, 3.8) is 0 Å². The smallest absolute Gasteiger partial charge is 0.259 e. The number of pyridine rings is 2. The van der Waals surface area contributed by atoms with Crippen molar-refractivity contribution in [2.24, 2.45) is 11.8 Å². The summed E-state index contributed by atoms with van der Waals surface area (Å²) in [5.74, 6) is 6.13. The first-order valence-corrected chi connectivity index (χ1v) is 11.9. The van der Waals surface area contributed by atoms with E-state index in [0.717, 1.165) is 5.56 Å². The van der Waals surface area contributed by atoms with E-state index in [1.807, 2.05) is 39.8 Å². The molecule has 8 heteroatoms. The number of fused-ring (bicyclic) bond motifs is 1. The van der Waals surface area contributed by atoms with Gasteiger partial charge < -0.3 is 19.6 Å². The van der Waals surface area contributed by atoms with Crippen LogP contribution in [0.3, 0.4) is 0 Å². The lowest BCUT2D eigenvalue weighted by Crippen LogP contribution is -2.50. The molecule has 0 radical (unpaired) electrons. The van der Waals surface area contributed by atoms with Crippen LogP contribution >= 0.6 is 0 Å². The lowest BCUT2D eigenvalue weighted by Gasteiger charge is -2.37. The number of likely N-dealkylation sites (N-methyl/N-ethyl adjacent to an activating group) is 1. The predicted octanol–water partition coefficient (Wildman–Crippen LogP) is 2.41. The highest BCUT2D eigenvalue weighted by Gasteiger charge is 2.34. The number of carbonyl (C=O) groups is 2. The fraction of sp³-hybridized carbons (Fsp3) is 0.481. The molecule has 1 aliphatic rings. The first-order chi connectivity index (χ1) is 16.7. The summed E-state index contributed by atoms with van der Waals surface area (Å²) < 4.78 is 6.26. The number of aliphatic hydroxyl groups excluding tert-OH is 1. The highest BCUT2D eigenvalue weighted by Crippen LogP contribution is 2.27. The van der Waals surface area contributed by atoms with Gasteiger partial charge in [0.1, 0.15) is 11.7 Å². The fourth-order valence-corrected chi connectivity index (χ4v) is 3.80. The predicted molar refractivity (Wildman–Crippen MR) is 133 cm³/mol. The molecular weight excluding hydrogens is 444 g/mol. The van der Waals surface area contributed by atoms with Crippen LogP contribution in [0.5, 0.6) is 5.88 Å². The van der Waals surface area contributed by atoms with Gasteiger partial charge in [0.15, 0.2) is 0 Å². The molecule has 3 rings (SSSR count). The van der Waals surface area contributed by atoms with Crippen LogP contribution in [-0.2, 0) is 11.2 Å². The quantitative estimate of drug-likeness (QED) is 0.641. The Balaban J connectivity index is 1.89. The molecule has 35 heavy (non-hydrogen) atoms. The number of carbonyl (C=O) groups excluding carboxylic acids is 2. The monoisotopic (exact) mass is 478 g/mol. The second-order valence-corrected chi connectivity index (χ2v) is 9.43. The van der Waals surface area contributed by atoms with Gasteiger partial charge in [0.05, 0.1) is 25.6 Å². The van der Waals surface area contributed by atoms with Crippen molar-refractivity contribution in [1.82, 2.24) is 19.8 Å². The Kier molecular flexibility index (Phi) is 8.83. The van der Waals surface area contributed by atoms with Gasteiger partial charge in [-0.05, 0) is 30.7 Å². The van der Waals surface area contributed by atoms with Crippen LogP contribution in [0, 0.1) is 23.7 Å². The SMILES string of the molecule is CC(C)C#Cc1cnc2c(c1)C(=O)N([C@H](C)CO)C[C@H](C)[C@H](CN(C)C(=O)Cc1ccncc1)O2. The molecule has 8 nitrogen and oxygen atoms in total. The minimum absolute atomic E-state index is 0.0433. The summed E-state index contributed by atoms with van der Waals surface area (Å²) in [5.41, 5.74) is 1.82. The average Bonchev–Trinajstić information content (AvgIpc) is 2.84. The Bertz CT molecular complexity index is 1090. The molecule has 1 N–H and O–H groups in total. The molecule has 0 aromatic carbocycles. The van der Waals surface area contributed by atoms with Gasteiger partial charge in [-0.3, -0.25) is 14.6 Å². The number of amides is 2. The average molecular weight is 479 g/mol. The lowest BCUT2D eigenvalue weighted by atomic mass is 9.99. The van der Waals surface area contributed by atoms with Crippen molar-refractivity contribution in [3.8, 4) is 17.7 Å². The van der Waals surface area contributed by atoms with E-state index in [2.05, 4.69) is 21.8 Å². The number of rotatable bonds is 6. The molecule has 186 valence electrons. The molecular formula is C27H34N4O4. The van der Waals surface area contributed by atoms with E-state index in [0.29, 0.717) is 24.2 Å². The molecule has 2 amide bonds. The maximum absolute atomic E-state index is 13.4. The third-order valence-corrected chi connectivity index (χ3v) is 6.01. The summed E-state index contributed by atoms with van der Waals surface area (Å²) in [5, 5.41) is 9.80. The number of nitrogens with zero attached hydrogens (tertiary/aromatic N) is 4. The van der Waals surface area contributed by atoms with Crippen LogP contribution in [0.25, 0.3) is 0 Å². The molecule has 2 aromatic rings. The largest absolute Gasteiger partial charge is 0.472 e. The van der Waals surface area contributed by atoms with Crippen LogP contribution in [0.2, 0.25) is 0 Å². The van der Waals surface area contributed by atoms with Gasteiger partial charge in [-0.2, -0.15) is 0 Å². The minimum atomic E-state index is -0.401. The maximum Gasteiger partial charge on any atom is 0.259 e. The molecule has 0 aliphatic carbocycles. The highest BCUT2D eigenvalue weighted by molar-refractivity contribution is 5.97. The van der Waals surface area contributed by atoms with Gasteiger partial charge in [0.2, 0.25) is 11.8 Å². The van der Waals surface area contributed by atoms with Crippen molar-refractivity contribution >= 4 is 11.8 Å². The summed E-state index contributed by atoms with van der Waals surface area (Å²) in [7, 11) is 1.75. The van der Waals surface area contributed by atoms with Crippen molar-refractivity contribution in [1.29, 1.82) is 0 Å². The van der Waals surface area contributed by atoms with Crippen LogP contribution in [0.4, 0.5) is 0 Å². The van der Waals surface area contributed by atoms with E-state index >= 15 is 0 Å². The Labute approximate surface area is 207 Å². The normalized spacial score (nSPS) is 18.5. The molecule has 0 fully saturated rings. The minimum Gasteiger partial charge on any atom is -0.472 e. The van der Waals surface area contributed by atoms with Crippen molar-refractivity contribution in [3.05, 3.63) is 53.5 Å². The summed E-state index contributed by atoms with van der Waals surface area (Å²) >= 11 is 0. The van der Waals surface area contributed by atoms with Crippen LogP contribution in [-0.4, -0.2) is 75.6 Å². The molecule has 0 spiro atoms. The number of hydrogen-bond donors (Lipinski definition) is 1. The molecule has 0 saturated carbocycles. The summed E-state index contributed by atoms with van der Waals surface area (Å²) in [4.78, 5) is 38.0. The fourth-order valence-electron chi connectivity index (χ4n) is 3.80. The molecule has 3 heterocycles. The topological polar surface area (TPSA) is 95.9 Å². The highest BCUT2D eigenvalue weighted by atomic mass is 16.5. The molecule has 1 aliphatic heterocycles. The number of aliphatic hydroxyl groups is 1. The van der Waals surface area contributed by atoms with Gasteiger partial charge in [0, 0.05) is 49.6 Å². The van der Waals surface area contributed by atoms with E-state index in [-0.39, 0.29) is 48.6 Å². The third-order valence-electron chi connectivity index (χ3n) is 6.01.